The Bertz CT molecular complexity index is 348. The Balaban J connectivity index is 2.54. The minimum Gasteiger partial charge on any atom is -0.481 e. The number of nitrogens with zero attached hydrogens (tertiary/aromatic N) is 1. The van der Waals surface area contributed by atoms with Gasteiger partial charge < -0.3 is 25.2 Å². The molecule has 1 fully saturated rings. The van der Waals surface area contributed by atoms with Gasteiger partial charge in [0, 0.05) is 6.54 Å². The summed E-state index contributed by atoms with van der Waals surface area (Å²) in [4.78, 5) is 24.8. The summed E-state index contributed by atoms with van der Waals surface area (Å²) in [6, 6.07) is -0.411. The van der Waals surface area contributed by atoms with Crippen molar-refractivity contribution in [3.63, 3.8) is 0 Å². The van der Waals surface area contributed by atoms with Gasteiger partial charge in [0.1, 0.15) is 0 Å². The van der Waals surface area contributed by atoms with E-state index >= 15 is 0 Å². The number of carbonyl (C=O) groups is 2. The molecule has 1 heterocycles. The second-order valence-electron chi connectivity index (χ2n) is 5.51. The van der Waals surface area contributed by atoms with E-state index in [1.54, 1.807) is 4.90 Å². The number of morpholine rings is 1. The summed E-state index contributed by atoms with van der Waals surface area (Å²) >= 11 is 0. The lowest BCUT2D eigenvalue weighted by Gasteiger charge is -2.37. The van der Waals surface area contributed by atoms with E-state index in [-0.39, 0.29) is 37.2 Å². The molecule has 2 amide bonds. The summed E-state index contributed by atoms with van der Waals surface area (Å²) in [5.74, 6) is -1.58. The third-order valence-corrected chi connectivity index (χ3v) is 3.57. The highest BCUT2D eigenvalue weighted by atomic mass is 16.5. The number of hydrogen-bond donors (Lipinski definition) is 3. The molecule has 0 radical (unpaired) electrons. The fourth-order valence-electron chi connectivity index (χ4n) is 2.12. The zero-order chi connectivity index (χ0) is 15.3. The Labute approximate surface area is 118 Å². The third kappa shape index (κ3) is 4.35. The van der Waals surface area contributed by atoms with E-state index in [1.165, 1.54) is 0 Å². The highest BCUT2D eigenvalue weighted by molar-refractivity contribution is 5.76. The van der Waals surface area contributed by atoms with Gasteiger partial charge in [-0.3, -0.25) is 4.79 Å². The van der Waals surface area contributed by atoms with E-state index in [9.17, 15) is 9.59 Å². The van der Waals surface area contributed by atoms with E-state index in [0.717, 1.165) is 0 Å². The maximum Gasteiger partial charge on any atom is 0.317 e. The Morgan fingerprint density at radius 2 is 2.10 bits per heavy atom. The average molecular weight is 288 g/mol. The van der Waals surface area contributed by atoms with Gasteiger partial charge in [0.05, 0.1) is 37.8 Å². The van der Waals surface area contributed by atoms with E-state index in [2.05, 4.69) is 5.32 Å². The van der Waals surface area contributed by atoms with E-state index in [4.69, 9.17) is 14.9 Å². The molecule has 0 spiro atoms. The minimum absolute atomic E-state index is 0.0555. The Hall–Kier alpha value is -1.34. The standard InChI is InChI=1S/C13H24N2O5/c1-8(2)11(12(17)18)4-14-13(19)15-5-10(6-16)20-7-9(15)3/h8-11,16H,4-7H2,1-3H3,(H,14,19)(H,17,18). The van der Waals surface area contributed by atoms with Crippen LogP contribution in [-0.2, 0) is 9.53 Å². The van der Waals surface area contributed by atoms with Crippen molar-refractivity contribution < 1.29 is 24.5 Å². The van der Waals surface area contributed by atoms with Crippen LogP contribution in [0.25, 0.3) is 0 Å². The van der Waals surface area contributed by atoms with Gasteiger partial charge in [-0.15, -0.1) is 0 Å². The molecule has 3 atom stereocenters. The number of aliphatic carboxylic acids is 1. The normalized spacial score (nSPS) is 24.6. The smallest absolute Gasteiger partial charge is 0.317 e. The van der Waals surface area contributed by atoms with E-state index in [1.807, 2.05) is 20.8 Å². The first-order chi connectivity index (χ1) is 9.36. The molecular weight excluding hydrogens is 264 g/mol. The van der Waals surface area contributed by atoms with Crippen molar-refractivity contribution in [2.24, 2.45) is 11.8 Å². The molecule has 0 aromatic heterocycles. The van der Waals surface area contributed by atoms with Gasteiger partial charge in [-0.1, -0.05) is 13.8 Å². The predicted molar refractivity (Wildman–Crippen MR) is 72.4 cm³/mol. The molecule has 7 nitrogen and oxygen atoms in total. The summed E-state index contributed by atoms with van der Waals surface area (Å²) in [5, 5.41) is 20.8. The number of nitrogens with one attached hydrogen (secondary N) is 1. The monoisotopic (exact) mass is 288 g/mol. The van der Waals surface area contributed by atoms with Gasteiger partial charge in [-0.05, 0) is 12.8 Å². The number of amides is 2. The molecule has 1 aliphatic rings. The third-order valence-electron chi connectivity index (χ3n) is 3.57. The molecular formula is C13H24N2O5. The van der Waals surface area contributed by atoms with Crippen LogP contribution in [0.1, 0.15) is 20.8 Å². The highest BCUT2D eigenvalue weighted by Crippen LogP contribution is 2.13. The second-order valence-corrected chi connectivity index (χ2v) is 5.51. The zero-order valence-electron chi connectivity index (χ0n) is 12.2. The Morgan fingerprint density at radius 1 is 1.45 bits per heavy atom. The van der Waals surface area contributed by atoms with E-state index in [0.29, 0.717) is 13.2 Å². The summed E-state index contributed by atoms with van der Waals surface area (Å²) < 4.78 is 5.36. The quantitative estimate of drug-likeness (QED) is 0.668. The van der Waals surface area contributed by atoms with Crippen LogP contribution < -0.4 is 5.32 Å². The molecule has 1 rings (SSSR count). The number of carboxylic acid groups (broad SMARTS) is 1. The summed E-state index contributed by atoms with van der Waals surface area (Å²) in [6.07, 6.45) is -0.377. The number of urea groups is 1. The van der Waals surface area contributed by atoms with Gasteiger partial charge >= 0.3 is 12.0 Å². The lowest BCUT2D eigenvalue weighted by atomic mass is 9.96. The van der Waals surface area contributed by atoms with Crippen LogP contribution in [0.4, 0.5) is 4.79 Å². The van der Waals surface area contributed by atoms with Gasteiger partial charge in [0.2, 0.25) is 0 Å². The fourth-order valence-corrected chi connectivity index (χ4v) is 2.12. The SMILES string of the molecule is CC(C)C(CNC(=O)N1CC(CO)OCC1C)C(=O)O. The van der Waals surface area contributed by atoms with Gasteiger partial charge in [0.15, 0.2) is 0 Å². The predicted octanol–water partition coefficient (Wildman–Crippen LogP) is 0.134. The van der Waals surface area contributed by atoms with Crippen molar-refractivity contribution in [3.8, 4) is 0 Å². The molecule has 3 N–H and O–H groups in total. The molecule has 0 aliphatic carbocycles. The summed E-state index contributed by atoms with van der Waals surface area (Å²) in [7, 11) is 0. The Kier molecular flexibility index (Phi) is 6.22. The largest absolute Gasteiger partial charge is 0.481 e. The first-order valence-electron chi connectivity index (χ1n) is 6.86. The molecule has 3 unspecified atom stereocenters. The van der Waals surface area contributed by atoms with Gasteiger partial charge in [0.25, 0.3) is 0 Å². The number of carbonyl (C=O) groups excluding carboxylic acids is 1. The molecule has 0 saturated carbocycles. The molecule has 20 heavy (non-hydrogen) atoms. The zero-order valence-corrected chi connectivity index (χ0v) is 12.2. The van der Waals surface area contributed by atoms with Crippen LogP contribution in [0.2, 0.25) is 0 Å². The van der Waals surface area contributed by atoms with Gasteiger partial charge in [-0.25, -0.2) is 4.79 Å². The molecule has 1 saturated heterocycles. The van der Waals surface area contributed by atoms with Crippen molar-refractivity contribution in [1.82, 2.24) is 10.2 Å². The first kappa shape index (κ1) is 16.7. The maximum absolute atomic E-state index is 12.1. The highest BCUT2D eigenvalue weighted by Gasteiger charge is 2.30. The van der Waals surface area contributed by atoms with Gasteiger partial charge in [-0.2, -0.15) is 0 Å². The average Bonchev–Trinajstić information content (AvgIpc) is 2.38. The van der Waals surface area contributed by atoms with E-state index < -0.39 is 11.9 Å². The topological polar surface area (TPSA) is 99.1 Å². The molecule has 0 bridgehead atoms. The number of rotatable bonds is 5. The number of aliphatic hydroxyl groups excluding tert-OH is 1. The number of carboxylic acids is 1. The van der Waals surface area contributed by atoms with Crippen LogP contribution in [-0.4, -0.2) is 65.6 Å². The minimum atomic E-state index is -0.913. The molecule has 0 aromatic carbocycles. The lowest BCUT2D eigenvalue weighted by molar-refractivity contribution is -0.143. The Morgan fingerprint density at radius 3 is 2.60 bits per heavy atom. The van der Waals surface area contributed by atoms with Crippen molar-refractivity contribution >= 4 is 12.0 Å². The maximum atomic E-state index is 12.1. The van der Waals surface area contributed by atoms with Crippen molar-refractivity contribution in [2.75, 3.05) is 26.3 Å². The van der Waals surface area contributed by atoms with Crippen LogP contribution in [0, 0.1) is 11.8 Å². The van der Waals surface area contributed by atoms with Crippen LogP contribution in [0.5, 0.6) is 0 Å². The first-order valence-corrected chi connectivity index (χ1v) is 6.86. The van der Waals surface area contributed by atoms with Crippen molar-refractivity contribution in [1.29, 1.82) is 0 Å². The number of hydrogen-bond acceptors (Lipinski definition) is 4. The second kappa shape index (κ2) is 7.44. The fraction of sp³-hybridized carbons (Fsp3) is 0.846. The van der Waals surface area contributed by atoms with Crippen LogP contribution in [0.15, 0.2) is 0 Å². The summed E-state index contributed by atoms with van der Waals surface area (Å²) in [6.45, 7) is 6.10. The molecule has 7 heteroatoms. The number of aliphatic hydroxyl groups is 1. The van der Waals surface area contributed by atoms with Crippen molar-refractivity contribution in [2.45, 2.75) is 32.9 Å². The summed E-state index contributed by atoms with van der Waals surface area (Å²) in [5.41, 5.74) is 0. The number of ether oxygens (including phenoxy) is 1. The molecule has 1 aliphatic heterocycles. The van der Waals surface area contributed by atoms with Crippen LogP contribution >= 0.6 is 0 Å². The van der Waals surface area contributed by atoms with Crippen molar-refractivity contribution in [3.05, 3.63) is 0 Å². The molecule has 116 valence electrons. The van der Waals surface area contributed by atoms with Crippen LogP contribution in [0.3, 0.4) is 0 Å². The lowest BCUT2D eigenvalue weighted by Crippen LogP contribution is -2.55. The molecule has 0 aromatic rings.